The quantitative estimate of drug-likeness (QED) is 0.310. The number of benzene rings is 2. The predicted molar refractivity (Wildman–Crippen MR) is 193 cm³/mol. The maximum absolute atomic E-state index is 12.8. The van der Waals surface area contributed by atoms with Gasteiger partial charge in [-0.1, -0.05) is 42.0 Å². The minimum Gasteiger partial charge on any atom is -0.508 e. The number of aromatic hydroxyl groups is 1. The van der Waals surface area contributed by atoms with Gasteiger partial charge in [-0.15, -0.1) is 0 Å². The van der Waals surface area contributed by atoms with Gasteiger partial charge >= 0.3 is 24.4 Å². The third-order valence-corrected chi connectivity index (χ3v) is 9.07. The molecule has 300 valence electrons. The maximum Gasteiger partial charge on any atom is 0.424 e. The highest BCUT2D eigenvalue weighted by atomic mass is 16.6. The number of phenolic OH excluding ortho intramolecular Hbond substituents is 1. The van der Waals surface area contributed by atoms with Crippen LogP contribution in [0.25, 0.3) is 0 Å². The number of phenols is 1. The standard InChI is InChI=1S/C20H24N2O6.C19H22N2O7/c1-12-5-7-13(8-6-12)15-11-21(18(25)27-15)14-9-10-16(23)22(17(14)24)19(26)28-20(2,3)4;1-19(2,3)28-18(26)21-15(23)9-8-13(16(21)24)20-10-14(27-17(20)25)11-4-6-12(22)7-5-11/h5-8,14-15H,9-11H2,1-4H3;4-7,13-14,22H,8-10H2,1-3H3. The van der Waals surface area contributed by atoms with E-state index in [0.29, 0.717) is 15.4 Å². The lowest BCUT2D eigenvalue weighted by Gasteiger charge is -2.34. The molecule has 0 bridgehead atoms. The Labute approximate surface area is 323 Å². The molecule has 0 spiro atoms. The fraction of sp³-hybridized carbons (Fsp3) is 0.487. The highest BCUT2D eigenvalue weighted by Gasteiger charge is 2.49. The van der Waals surface area contributed by atoms with Crippen LogP contribution in [0.5, 0.6) is 5.75 Å². The van der Waals surface area contributed by atoms with Gasteiger partial charge in [0.1, 0.15) is 41.2 Å². The Bertz CT molecular complexity index is 1760. The van der Waals surface area contributed by atoms with Crippen LogP contribution in [0.15, 0.2) is 48.5 Å². The van der Waals surface area contributed by atoms with E-state index in [1.165, 1.54) is 21.9 Å². The van der Waals surface area contributed by atoms with Crippen LogP contribution in [0.2, 0.25) is 0 Å². The molecule has 0 radical (unpaired) electrons. The molecule has 0 aromatic heterocycles. The Kier molecular flexibility index (Phi) is 11.8. The van der Waals surface area contributed by atoms with Crippen LogP contribution >= 0.6 is 0 Å². The van der Waals surface area contributed by atoms with Crippen LogP contribution in [-0.2, 0) is 38.1 Å². The summed E-state index contributed by atoms with van der Waals surface area (Å²) in [5.41, 5.74) is 0.843. The van der Waals surface area contributed by atoms with E-state index < -0.39 is 83.5 Å². The summed E-state index contributed by atoms with van der Waals surface area (Å²) in [7, 11) is 0. The van der Waals surface area contributed by atoms with Gasteiger partial charge in [-0.3, -0.25) is 29.0 Å². The number of hydrogen-bond donors (Lipinski definition) is 1. The first-order chi connectivity index (χ1) is 26.1. The van der Waals surface area contributed by atoms with Crippen LogP contribution in [0.4, 0.5) is 19.2 Å². The lowest BCUT2D eigenvalue weighted by molar-refractivity contribution is -0.152. The first-order valence-electron chi connectivity index (χ1n) is 18.1. The molecule has 1 N–H and O–H groups in total. The number of amides is 8. The van der Waals surface area contributed by atoms with Crippen molar-refractivity contribution >= 4 is 48.0 Å². The van der Waals surface area contributed by atoms with Crippen molar-refractivity contribution in [1.29, 1.82) is 0 Å². The molecule has 0 aliphatic carbocycles. The van der Waals surface area contributed by atoms with E-state index in [0.717, 1.165) is 11.1 Å². The molecular formula is C39H46N4O13. The van der Waals surface area contributed by atoms with Crippen molar-refractivity contribution < 1.29 is 62.4 Å². The third-order valence-electron chi connectivity index (χ3n) is 9.07. The Hall–Kier alpha value is -6.00. The van der Waals surface area contributed by atoms with Gasteiger partial charge in [0.05, 0.1) is 13.1 Å². The van der Waals surface area contributed by atoms with Gasteiger partial charge in [0, 0.05) is 12.8 Å². The normalized spacial score (nSPS) is 23.1. The van der Waals surface area contributed by atoms with Crippen molar-refractivity contribution in [3.05, 3.63) is 65.2 Å². The average molecular weight is 779 g/mol. The number of aryl methyl sites for hydroxylation is 1. The molecule has 4 aliphatic rings. The fourth-order valence-electron chi connectivity index (χ4n) is 6.40. The van der Waals surface area contributed by atoms with Crippen molar-refractivity contribution in [2.24, 2.45) is 0 Å². The molecular weight excluding hydrogens is 732 g/mol. The van der Waals surface area contributed by atoms with Crippen molar-refractivity contribution in [2.75, 3.05) is 13.1 Å². The second-order valence-corrected chi connectivity index (χ2v) is 15.8. The molecule has 4 fully saturated rings. The molecule has 17 heteroatoms. The smallest absolute Gasteiger partial charge is 0.424 e. The zero-order chi connectivity index (χ0) is 41.3. The van der Waals surface area contributed by atoms with Crippen molar-refractivity contribution in [3.8, 4) is 5.75 Å². The Morgan fingerprint density at radius 2 is 0.982 bits per heavy atom. The van der Waals surface area contributed by atoms with Crippen LogP contribution in [0.3, 0.4) is 0 Å². The highest BCUT2D eigenvalue weighted by Crippen LogP contribution is 2.33. The molecule has 4 heterocycles. The molecule has 6 rings (SSSR count). The number of imide groups is 6. The zero-order valence-electron chi connectivity index (χ0n) is 32.3. The molecule has 0 saturated carbocycles. The fourth-order valence-corrected chi connectivity index (χ4v) is 6.40. The van der Waals surface area contributed by atoms with Gasteiger partial charge in [0.15, 0.2) is 0 Å². The number of nitrogens with zero attached hydrogens (tertiary/aromatic N) is 4. The highest BCUT2D eigenvalue weighted by molar-refractivity contribution is 6.13. The van der Waals surface area contributed by atoms with Gasteiger partial charge in [-0.25, -0.2) is 19.2 Å². The summed E-state index contributed by atoms with van der Waals surface area (Å²) in [6.07, 6.45) is -4.37. The minimum absolute atomic E-state index is 0.0331. The van der Waals surface area contributed by atoms with Gasteiger partial charge in [0.2, 0.25) is 11.8 Å². The number of ether oxygens (including phenoxy) is 4. The average Bonchev–Trinajstić information content (AvgIpc) is 3.66. The van der Waals surface area contributed by atoms with E-state index in [9.17, 15) is 43.5 Å². The molecule has 4 saturated heterocycles. The van der Waals surface area contributed by atoms with Gasteiger partial charge in [0.25, 0.3) is 11.8 Å². The molecule has 4 unspecified atom stereocenters. The topological polar surface area (TPSA) is 207 Å². The van der Waals surface area contributed by atoms with Gasteiger partial charge < -0.3 is 24.1 Å². The van der Waals surface area contributed by atoms with Crippen LogP contribution in [0, 0.1) is 6.92 Å². The van der Waals surface area contributed by atoms with Crippen molar-refractivity contribution in [1.82, 2.24) is 19.6 Å². The summed E-state index contributed by atoms with van der Waals surface area (Å²) in [5, 5.41) is 9.38. The van der Waals surface area contributed by atoms with Crippen molar-refractivity contribution in [2.45, 2.75) is 110 Å². The Morgan fingerprint density at radius 3 is 1.34 bits per heavy atom. The largest absolute Gasteiger partial charge is 0.508 e. The van der Waals surface area contributed by atoms with Crippen LogP contribution < -0.4 is 0 Å². The first kappa shape index (κ1) is 41.2. The second-order valence-electron chi connectivity index (χ2n) is 15.8. The SMILES string of the molecule is CC(C)(C)OC(=O)N1C(=O)CCC(N2CC(c3ccc(O)cc3)OC2=O)C1=O.Cc1ccc(C2CN(C3CCC(=O)N(C(=O)OC(C)(C)C)C3=O)C(=O)O2)cc1. The number of likely N-dealkylation sites (tertiary alicyclic amines) is 2. The molecule has 17 nitrogen and oxygen atoms in total. The maximum atomic E-state index is 12.8. The van der Waals surface area contributed by atoms with E-state index >= 15 is 0 Å². The van der Waals surface area contributed by atoms with E-state index in [2.05, 4.69) is 0 Å². The predicted octanol–water partition coefficient (Wildman–Crippen LogP) is 5.28. The molecule has 2 aromatic carbocycles. The number of carbonyl (C=O) groups is 8. The molecule has 2 aromatic rings. The first-order valence-corrected chi connectivity index (χ1v) is 18.1. The summed E-state index contributed by atoms with van der Waals surface area (Å²) < 4.78 is 21.1. The third kappa shape index (κ3) is 9.44. The minimum atomic E-state index is -1.05. The molecule has 4 aliphatic heterocycles. The summed E-state index contributed by atoms with van der Waals surface area (Å²) in [5.74, 6) is -2.75. The van der Waals surface area contributed by atoms with Crippen LogP contribution in [-0.4, -0.2) is 109 Å². The number of rotatable bonds is 4. The summed E-state index contributed by atoms with van der Waals surface area (Å²) in [6.45, 7) is 12.0. The van der Waals surface area contributed by atoms with E-state index in [-0.39, 0.29) is 44.5 Å². The van der Waals surface area contributed by atoms with Gasteiger partial charge in [-0.05, 0) is 84.6 Å². The van der Waals surface area contributed by atoms with Crippen LogP contribution in [0.1, 0.15) is 96.1 Å². The lowest BCUT2D eigenvalue weighted by atomic mass is 10.0. The number of hydrogen-bond acceptors (Lipinski definition) is 13. The second kappa shape index (κ2) is 16.0. The summed E-state index contributed by atoms with van der Waals surface area (Å²) in [4.78, 5) is 103. The zero-order valence-corrected chi connectivity index (χ0v) is 32.3. The van der Waals surface area contributed by atoms with E-state index in [1.807, 2.05) is 31.2 Å². The number of piperidine rings is 2. The van der Waals surface area contributed by atoms with E-state index in [4.69, 9.17) is 18.9 Å². The monoisotopic (exact) mass is 778 g/mol. The Morgan fingerprint density at radius 1 is 0.625 bits per heavy atom. The summed E-state index contributed by atoms with van der Waals surface area (Å²) >= 11 is 0. The Balaban J connectivity index is 0.000000214. The molecule has 4 atom stereocenters. The van der Waals surface area contributed by atoms with Crippen molar-refractivity contribution in [3.63, 3.8) is 0 Å². The number of cyclic esters (lactones) is 2. The van der Waals surface area contributed by atoms with E-state index in [1.54, 1.807) is 53.7 Å². The molecule has 8 amide bonds. The number of carbonyl (C=O) groups excluding carboxylic acids is 8. The summed E-state index contributed by atoms with van der Waals surface area (Å²) in [6, 6.07) is 11.8. The molecule has 56 heavy (non-hydrogen) atoms. The van der Waals surface area contributed by atoms with Gasteiger partial charge in [-0.2, -0.15) is 9.80 Å². The lowest BCUT2D eigenvalue weighted by Crippen LogP contribution is -2.57.